The Labute approximate surface area is 569 Å². The zero-order valence-corrected chi connectivity index (χ0v) is 62.7. The van der Waals surface area contributed by atoms with Crippen LogP contribution in [0.4, 0.5) is 0 Å². The first-order chi connectivity index (χ1) is 44.5. The normalized spacial score (nSPS) is 13.7. The molecule has 1 amide bonds. The number of rotatable bonds is 76. The molecule has 0 rings (SSSR count). The molecule has 3 atom stereocenters. The van der Waals surface area contributed by atoms with Crippen molar-refractivity contribution in [2.45, 2.75) is 431 Å². The number of unbranched alkanes of at least 4 members (excludes halogenated alkanes) is 55. The maximum atomic E-state index is 13.1. The van der Waals surface area contributed by atoms with E-state index < -0.39 is 20.0 Å². The standard InChI is InChI=1S/C82H159N2O6P/c1-6-8-10-12-14-16-18-20-22-24-26-28-30-32-34-36-38-40-41-42-43-44-46-48-50-52-54-56-58-60-62-64-66-68-70-72-74-76-82(86)83-80(79-90-91(87,88)89-78-77-84(3,4)5)81(85)75-73-71-69-67-65-63-61-59-57-55-53-51-49-47-45-39-37-35-33-31-29-27-25-23-21-19-17-15-13-11-9-7-2/h8,10,14,16,20,22,26,28,80-81,85H,6-7,9,11-13,15,17-19,21,23-25,27,29-79H2,1-5H3,(H-,83,86,87,88)/b10-8-,16-14-,22-20-,28-26-. The third kappa shape index (κ3) is 75.7. The topological polar surface area (TPSA) is 108 Å². The highest BCUT2D eigenvalue weighted by Crippen LogP contribution is 2.38. The molecule has 0 heterocycles. The van der Waals surface area contributed by atoms with Crippen LogP contribution in [0.15, 0.2) is 48.6 Å². The van der Waals surface area contributed by atoms with Gasteiger partial charge in [0.05, 0.1) is 39.9 Å². The number of nitrogens with zero attached hydrogens (tertiary/aromatic N) is 1. The summed E-state index contributed by atoms with van der Waals surface area (Å²) in [6.07, 6.45) is 99.6. The van der Waals surface area contributed by atoms with Gasteiger partial charge in [0.15, 0.2) is 0 Å². The summed E-state index contributed by atoms with van der Waals surface area (Å²) in [5.41, 5.74) is 0. The number of amides is 1. The zero-order chi connectivity index (χ0) is 66.2. The smallest absolute Gasteiger partial charge is 0.268 e. The monoisotopic (exact) mass is 1300 g/mol. The van der Waals surface area contributed by atoms with Gasteiger partial charge in [-0.1, -0.05) is 409 Å². The summed E-state index contributed by atoms with van der Waals surface area (Å²) in [4.78, 5) is 25.8. The molecule has 8 nitrogen and oxygen atoms in total. The zero-order valence-electron chi connectivity index (χ0n) is 61.8. The van der Waals surface area contributed by atoms with Crippen molar-refractivity contribution in [2.24, 2.45) is 0 Å². The average Bonchev–Trinajstić information content (AvgIpc) is 3.42. The molecule has 0 aromatic rings. The van der Waals surface area contributed by atoms with Crippen LogP contribution < -0.4 is 10.2 Å². The lowest BCUT2D eigenvalue weighted by Gasteiger charge is -2.30. The van der Waals surface area contributed by atoms with Gasteiger partial charge in [0, 0.05) is 6.42 Å². The maximum absolute atomic E-state index is 13.1. The summed E-state index contributed by atoms with van der Waals surface area (Å²) in [7, 11) is 1.33. The largest absolute Gasteiger partial charge is 0.756 e. The Hall–Kier alpha value is -1.54. The molecule has 538 valence electrons. The van der Waals surface area contributed by atoms with Crippen molar-refractivity contribution in [1.29, 1.82) is 0 Å². The van der Waals surface area contributed by atoms with Crippen molar-refractivity contribution in [3.05, 3.63) is 48.6 Å². The van der Waals surface area contributed by atoms with Gasteiger partial charge < -0.3 is 28.8 Å². The predicted octanol–water partition coefficient (Wildman–Crippen LogP) is 25.9. The van der Waals surface area contributed by atoms with E-state index in [0.29, 0.717) is 23.9 Å². The molecule has 0 aliphatic rings. The van der Waals surface area contributed by atoms with E-state index in [1.165, 1.54) is 327 Å². The highest BCUT2D eigenvalue weighted by Gasteiger charge is 2.24. The van der Waals surface area contributed by atoms with Gasteiger partial charge in [0.2, 0.25) is 5.91 Å². The molecule has 0 fully saturated rings. The van der Waals surface area contributed by atoms with Gasteiger partial charge >= 0.3 is 0 Å². The Morgan fingerprint density at radius 3 is 0.978 bits per heavy atom. The third-order valence-electron chi connectivity index (χ3n) is 18.8. The predicted molar refractivity (Wildman–Crippen MR) is 399 cm³/mol. The molecule has 2 N–H and O–H groups in total. The first-order valence-corrected chi connectivity index (χ1v) is 41.9. The Kier molecular flexibility index (Phi) is 71.5. The van der Waals surface area contributed by atoms with E-state index in [4.69, 9.17) is 9.05 Å². The lowest BCUT2D eigenvalue weighted by molar-refractivity contribution is -0.870. The number of aliphatic hydroxyl groups excluding tert-OH is 1. The van der Waals surface area contributed by atoms with Crippen LogP contribution in [0.1, 0.15) is 418 Å². The fourth-order valence-electron chi connectivity index (χ4n) is 12.6. The molecule has 0 saturated heterocycles. The Morgan fingerprint density at radius 1 is 0.396 bits per heavy atom. The van der Waals surface area contributed by atoms with Crippen molar-refractivity contribution in [3.8, 4) is 0 Å². The van der Waals surface area contributed by atoms with Gasteiger partial charge in [-0.15, -0.1) is 0 Å². The highest BCUT2D eigenvalue weighted by atomic mass is 31.2. The minimum atomic E-state index is -4.58. The number of carbonyl (C=O) groups excluding carboxylic acids is 1. The molecule has 0 aromatic carbocycles. The second-order valence-corrected chi connectivity index (χ2v) is 30.5. The van der Waals surface area contributed by atoms with Crippen molar-refractivity contribution in [1.82, 2.24) is 5.32 Å². The van der Waals surface area contributed by atoms with Gasteiger partial charge in [0.25, 0.3) is 7.82 Å². The number of aliphatic hydroxyl groups is 1. The number of phosphoric ester groups is 1. The van der Waals surface area contributed by atoms with Gasteiger partial charge in [-0.2, -0.15) is 0 Å². The van der Waals surface area contributed by atoms with E-state index in [0.717, 1.165) is 64.2 Å². The number of likely N-dealkylation sites (N-methyl/N-ethyl adjacent to an activating group) is 1. The van der Waals surface area contributed by atoms with Crippen LogP contribution in [0, 0.1) is 0 Å². The van der Waals surface area contributed by atoms with Crippen LogP contribution in [-0.4, -0.2) is 68.5 Å². The maximum Gasteiger partial charge on any atom is 0.268 e. The molecule has 0 aromatic heterocycles. The van der Waals surface area contributed by atoms with Crippen LogP contribution in [0.3, 0.4) is 0 Å². The van der Waals surface area contributed by atoms with Crippen LogP contribution in [-0.2, 0) is 18.4 Å². The van der Waals surface area contributed by atoms with Gasteiger partial charge in [0.1, 0.15) is 13.2 Å². The van der Waals surface area contributed by atoms with Crippen molar-refractivity contribution in [3.63, 3.8) is 0 Å². The summed E-state index contributed by atoms with van der Waals surface area (Å²) in [6, 6.07) is -0.801. The second-order valence-electron chi connectivity index (χ2n) is 29.1. The Morgan fingerprint density at radius 2 is 0.670 bits per heavy atom. The summed E-state index contributed by atoms with van der Waals surface area (Å²) in [5.74, 6) is -0.155. The van der Waals surface area contributed by atoms with E-state index >= 15 is 0 Å². The number of allylic oxidation sites excluding steroid dienone is 8. The van der Waals surface area contributed by atoms with Crippen molar-refractivity contribution in [2.75, 3.05) is 40.9 Å². The molecule has 0 bridgehead atoms. The number of nitrogens with one attached hydrogen (secondary N) is 1. The number of hydrogen-bond acceptors (Lipinski definition) is 6. The molecular formula is C82H159N2O6P. The molecule has 3 unspecified atom stereocenters. The summed E-state index contributed by atoms with van der Waals surface area (Å²) in [5, 5.41) is 14.2. The summed E-state index contributed by atoms with van der Waals surface area (Å²) in [6.45, 7) is 4.68. The molecule has 0 aliphatic carbocycles. The molecule has 91 heavy (non-hydrogen) atoms. The lowest BCUT2D eigenvalue weighted by atomic mass is 10.0. The quantitative estimate of drug-likeness (QED) is 0.0272. The van der Waals surface area contributed by atoms with Crippen LogP contribution in [0.5, 0.6) is 0 Å². The van der Waals surface area contributed by atoms with Crippen molar-refractivity contribution < 1.29 is 32.9 Å². The fourth-order valence-corrected chi connectivity index (χ4v) is 13.4. The molecule has 0 radical (unpaired) electrons. The van der Waals surface area contributed by atoms with E-state index in [9.17, 15) is 19.4 Å². The van der Waals surface area contributed by atoms with Gasteiger partial charge in [-0.05, 0) is 51.4 Å². The molecule has 9 heteroatoms. The van der Waals surface area contributed by atoms with Crippen LogP contribution >= 0.6 is 7.82 Å². The summed E-state index contributed by atoms with van der Waals surface area (Å²) < 4.78 is 23.6. The first kappa shape index (κ1) is 89.5. The lowest BCUT2D eigenvalue weighted by Crippen LogP contribution is -2.46. The van der Waals surface area contributed by atoms with E-state index in [1.807, 2.05) is 21.1 Å². The fraction of sp³-hybridized carbons (Fsp3) is 0.890. The van der Waals surface area contributed by atoms with Gasteiger partial charge in [-0.25, -0.2) is 0 Å². The molecule has 0 aliphatic heterocycles. The molecule has 0 saturated carbocycles. The minimum absolute atomic E-state index is 0.0146. The molecular weight excluding hydrogens is 1140 g/mol. The number of quaternary nitrogens is 1. The number of phosphoric acid groups is 1. The minimum Gasteiger partial charge on any atom is -0.756 e. The number of carbonyl (C=O) groups is 1. The van der Waals surface area contributed by atoms with E-state index in [-0.39, 0.29) is 19.1 Å². The highest BCUT2D eigenvalue weighted by molar-refractivity contribution is 7.45. The summed E-state index contributed by atoms with van der Waals surface area (Å²) >= 11 is 0. The van der Waals surface area contributed by atoms with Crippen LogP contribution in [0.25, 0.3) is 0 Å². The van der Waals surface area contributed by atoms with Gasteiger partial charge in [-0.3, -0.25) is 9.36 Å². The van der Waals surface area contributed by atoms with E-state index in [2.05, 4.69) is 67.8 Å². The average molecular weight is 1300 g/mol. The Balaban J connectivity index is 3.90. The third-order valence-corrected chi connectivity index (χ3v) is 19.8. The van der Waals surface area contributed by atoms with Crippen LogP contribution in [0.2, 0.25) is 0 Å². The first-order valence-electron chi connectivity index (χ1n) is 40.5. The number of hydrogen-bond donors (Lipinski definition) is 2. The SMILES string of the molecule is CC/C=C\C/C=C\C/C=C\C/C=C\CCCCCCCCCCCCCCCCCCCCCCCCCCC(=O)NC(COP(=O)([O-])OCC[N+](C)(C)C)C(O)CCCCCCCCCCCCCCCCCCCCCCCCCCCCCCCCCC. The van der Waals surface area contributed by atoms with Crippen molar-refractivity contribution >= 4 is 13.7 Å². The molecule has 0 spiro atoms. The second kappa shape index (κ2) is 72.7. The van der Waals surface area contributed by atoms with E-state index in [1.54, 1.807) is 0 Å². The Bertz CT molecular complexity index is 1630.